The average molecular weight is 406 g/mol. The van der Waals surface area contributed by atoms with Gasteiger partial charge in [-0.3, -0.25) is 23.9 Å². The SMILES string of the molecule is O=C(COC(=O)Cn1ccc(=O)[nH]c1=O)Nc1ccc(Cl)c(C(F)(F)F)c1. The smallest absolute Gasteiger partial charge is 0.417 e. The normalized spacial score (nSPS) is 11.1. The molecule has 0 aliphatic heterocycles. The Balaban J connectivity index is 1.93. The number of halogens is 4. The first-order valence-electron chi connectivity index (χ1n) is 7.18. The molecule has 1 aromatic heterocycles. The van der Waals surface area contributed by atoms with Gasteiger partial charge in [-0.15, -0.1) is 0 Å². The summed E-state index contributed by atoms with van der Waals surface area (Å²) in [5.41, 5.74) is -2.81. The lowest BCUT2D eigenvalue weighted by molar-refractivity contribution is -0.148. The fourth-order valence-electron chi connectivity index (χ4n) is 1.92. The molecular weight excluding hydrogens is 395 g/mol. The van der Waals surface area contributed by atoms with Crippen LogP contribution in [0.25, 0.3) is 0 Å². The number of rotatable bonds is 5. The number of benzene rings is 1. The number of esters is 1. The number of nitrogens with one attached hydrogen (secondary N) is 2. The van der Waals surface area contributed by atoms with E-state index in [1.54, 1.807) is 0 Å². The molecule has 2 N–H and O–H groups in total. The zero-order valence-corrected chi connectivity index (χ0v) is 14.1. The molecule has 12 heteroatoms. The fraction of sp³-hybridized carbons (Fsp3) is 0.200. The Kier molecular flexibility index (Phi) is 6.05. The van der Waals surface area contributed by atoms with E-state index in [-0.39, 0.29) is 5.69 Å². The highest BCUT2D eigenvalue weighted by atomic mass is 35.5. The molecule has 2 rings (SSSR count). The number of ether oxygens (including phenoxy) is 1. The number of alkyl halides is 3. The van der Waals surface area contributed by atoms with Gasteiger partial charge in [0.1, 0.15) is 6.54 Å². The van der Waals surface area contributed by atoms with E-state index in [0.29, 0.717) is 6.07 Å². The number of amides is 1. The van der Waals surface area contributed by atoms with Gasteiger partial charge in [-0.2, -0.15) is 13.2 Å². The number of carbonyl (C=O) groups is 2. The van der Waals surface area contributed by atoms with Crippen molar-refractivity contribution in [1.29, 1.82) is 0 Å². The first kappa shape index (κ1) is 20.2. The lowest BCUT2D eigenvalue weighted by atomic mass is 10.2. The van der Waals surface area contributed by atoms with E-state index in [4.69, 9.17) is 11.6 Å². The quantitative estimate of drug-likeness (QED) is 0.730. The van der Waals surface area contributed by atoms with Crippen LogP contribution in [0.4, 0.5) is 18.9 Å². The van der Waals surface area contributed by atoms with Gasteiger partial charge in [-0.25, -0.2) is 4.79 Å². The molecule has 2 aromatic rings. The second-order valence-corrected chi connectivity index (χ2v) is 5.55. The third-order valence-corrected chi connectivity index (χ3v) is 3.45. The zero-order chi connectivity index (χ0) is 20.2. The minimum Gasteiger partial charge on any atom is -0.454 e. The van der Waals surface area contributed by atoms with Crippen LogP contribution in [0, 0.1) is 0 Å². The summed E-state index contributed by atoms with van der Waals surface area (Å²) in [7, 11) is 0. The molecule has 0 spiro atoms. The van der Waals surface area contributed by atoms with Crippen molar-refractivity contribution in [3.63, 3.8) is 0 Å². The van der Waals surface area contributed by atoms with Gasteiger partial charge in [0.05, 0.1) is 10.6 Å². The number of carbonyl (C=O) groups excluding carboxylic acids is 2. The Morgan fingerprint density at radius 1 is 1.22 bits per heavy atom. The number of aromatic nitrogens is 2. The van der Waals surface area contributed by atoms with Gasteiger partial charge >= 0.3 is 17.8 Å². The molecule has 27 heavy (non-hydrogen) atoms. The van der Waals surface area contributed by atoms with Gasteiger partial charge in [-0.1, -0.05) is 11.6 Å². The van der Waals surface area contributed by atoms with Crippen molar-refractivity contribution >= 4 is 29.2 Å². The Hall–Kier alpha value is -3.08. The maximum atomic E-state index is 12.8. The minimum atomic E-state index is -4.70. The molecule has 1 heterocycles. The highest BCUT2D eigenvalue weighted by molar-refractivity contribution is 6.31. The van der Waals surface area contributed by atoms with Crippen LogP contribution in [0.15, 0.2) is 40.1 Å². The lowest BCUT2D eigenvalue weighted by Crippen LogP contribution is -2.32. The van der Waals surface area contributed by atoms with E-state index >= 15 is 0 Å². The van der Waals surface area contributed by atoms with Crippen molar-refractivity contribution in [1.82, 2.24) is 9.55 Å². The summed E-state index contributed by atoms with van der Waals surface area (Å²) in [4.78, 5) is 47.6. The molecule has 144 valence electrons. The van der Waals surface area contributed by atoms with Crippen LogP contribution >= 0.6 is 11.6 Å². The third kappa shape index (κ3) is 5.71. The number of aromatic amines is 1. The summed E-state index contributed by atoms with van der Waals surface area (Å²) in [5, 5.41) is 1.60. The fourth-order valence-corrected chi connectivity index (χ4v) is 2.14. The van der Waals surface area contributed by atoms with Crippen LogP contribution in [-0.2, 0) is 27.0 Å². The predicted molar refractivity (Wildman–Crippen MR) is 87.4 cm³/mol. The Morgan fingerprint density at radius 3 is 2.56 bits per heavy atom. The van der Waals surface area contributed by atoms with Gasteiger partial charge in [0.15, 0.2) is 6.61 Å². The third-order valence-electron chi connectivity index (χ3n) is 3.12. The van der Waals surface area contributed by atoms with Crippen molar-refractivity contribution in [2.45, 2.75) is 12.7 Å². The molecule has 0 saturated carbocycles. The molecule has 1 aromatic carbocycles. The lowest BCUT2D eigenvalue weighted by Gasteiger charge is -2.12. The van der Waals surface area contributed by atoms with Crippen molar-refractivity contribution in [2.75, 3.05) is 11.9 Å². The summed E-state index contributed by atoms with van der Waals surface area (Å²) >= 11 is 5.47. The van der Waals surface area contributed by atoms with Crippen molar-refractivity contribution < 1.29 is 27.5 Å². The van der Waals surface area contributed by atoms with Crippen LogP contribution in [-0.4, -0.2) is 28.0 Å². The Labute approximate surface area is 153 Å². The molecule has 8 nitrogen and oxygen atoms in total. The molecule has 0 fully saturated rings. The number of hydrogen-bond donors (Lipinski definition) is 2. The standard InChI is InChI=1S/C15H11ClF3N3O5/c16-10-2-1-8(5-9(10)15(17,18)19)20-12(24)7-27-13(25)6-22-4-3-11(23)21-14(22)26/h1-5H,6-7H2,(H,20,24)(H,21,23,26). The number of hydrogen-bond acceptors (Lipinski definition) is 5. The van der Waals surface area contributed by atoms with E-state index in [0.717, 1.165) is 29.0 Å². The average Bonchev–Trinajstić information content (AvgIpc) is 2.56. The largest absolute Gasteiger partial charge is 0.454 e. The molecule has 1 amide bonds. The summed E-state index contributed by atoms with van der Waals surface area (Å²) in [6.45, 7) is -1.36. The molecule has 0 aliphatic carbocycles. The van der Waals surface area contributed by atoms with E-state index in [2.05, 4.69) is 10.1 Å². The van der Waals surface area contributed by atoms with Crippen LogP contribution < -0.4 is 16.6 Å². The van der Waals surface area contributed by atoms with Crippen molar-refractivity contribution in [3.8, 4) is 0 Å². The van der Waals surface area contributed by atoms with Crippen molar-refractivity contribution in [2.24, 2.45) is 0 Å². The topological polar surface area (TPSA) is 110 Å². The summed E-state index contributed by atoms with van der Waals surface area (Å²) < 4.78 is 43.8. The minimum absolute atomic E-state index is 0.190. The van der Waals surface area contributed by atoms with Crippen LogP contribution in [0.2, 0.25) is 5.02 Å². The first-order chi connectivity index (χ1) is 12.6. The van der Waals surface area contributed by atoms with E-state index in [9.17, 15) is 32.3 Å². The summed E-state index contributed by atoms with van der Waals surface area (Å²) in [6.07, 6.45) is -3.64. The van der Waals surface area contributed by atoms with Gasteiger partial charge in [0.25, 0.3) is 11.5 Å². The number of anilines is 1. The van der Waals surface area contributed by atoms with Gasteiger partial charge in [0, 0.05) is 18.0 Å². The predicted octanol–water partition coefficient (Wildman–Crippen LogP) is 1.39. The number of nitrogens with zero attached hydrogens (tertiary/aromatic N) is 1. The van der Waals surface area contributed by atoms with E-state index in [1.165, 1.54) is 0 Å². The van der Waals surface area contributed by atoms with Crippen LogP contribution in [0.5, 0.6) is 0 Å². The highest BCUT2D eigenvalue weighted by Crippen LogP contribution is 2.36. The van der Waals surface area contributed by atoms with Gasteiger partial charge < -0.3 is 10.1 Å². The second kappa shape index (κ2) is 8.08. The van der Waals surface area contributed by atoms with Crippen LogP contribution in [0.3, 0.4) is 0 Å². The molecule has 0 atom stereocenters. The van der Waals surface area contributed by atoms with Crippen molar-refractivity contribution in [3.05, 3.63) is 61.9 Å². The van der Waals surface area contributed by atoms with Gasteiger partial charge in [-0.05, 0) is 18.2 Å². The van der Waals surface area contributed by atoms with E-state index in [1.807, 2.05) is 4.98 Å². The zero-order valence-electron chi connectivity index (χ0n) is 13.3. The highest BCUT2D eigenvalue weighted by Gasteiger charge is 2.33. The first-order valence-corrected chi connectivity index (χ1v) is 7.56. The molecular formula is C15H11ClF3N3O5. The molecule has 0 saturated heterocycles. The Morgan fingerprint density at radius 2 is 1.93 bits per heavy atom. The molecule has 0 unspecified atom stereocenters. The maximum Gasteiger partial charge on any atom is 0.417 e. The second-order valence-electron chi connectivity index (χ2n) is 5.14. The Bertz CT molecular complexity index is 984. The molecule has 0 aliphatic rings. The molecule has 0 bridgehead atoms. The van der Waals surface area contributed by atoms with Crippen LogP contribution in [0.1, 0.15) is 5.56 Å². The number of H-pyrrole nitrogens is 1. The maximum absolute atomic E-state index is 12.8. The van der Waals surface area contributed by atoms with E-state index < -0.39 is 53.0 Å². The summed E-state index contributed by atoms with van der Waals surface area (Å²) in [5.74, 6) is -1.86. The van der Waals surface area contributed by atoms with Gasteiger partial charge in [0.2, 0.25) is 0 Å². The molecule has 0 radical (unpaired) electrons. The summed E-state index contributed by atoms with van der Waals surface area (Å²) in [6, 6.07) is 3.77. The monoisotopic (exact) mass is 405 g/mol.